The van der Waals surface area contributed by atoms with Crippen molar-refractivity contribution >= 4 is 28.9 Å². The van der Waals surface area contributed by atoms with E-state index in [1.807, 2.05) is 6.92 Å². The van der Waals surface area contributed by atoms with E-state index in [0.717, 1.165) is 30.2 Å². The minimum atomic E-state index is -0.288. The summed E-state index contributed by atoms with van der Waals surface area (Å²) in [7, 11) is 3.15. The fourth-order valence-electron chi connectivity index (χ4n) is 3.21. The summed E-state index contributed by atoms with van der Waals surface area (Å²) >= 11 is 3.20. The van der Waals surface area contributed by atoms with Gasteiger partial charge in [-0.15, -0.1) is 21.5 Å². The number of methoxy groups -OCH3 is 2. The second-order valence-corrected chi connectivity index (χ2v) is 9.29. The third kappa shape index (κ3) is 4.33. The number of rotatable bonds is 9. The Morgan fingerprint density at radius 3 is 2.69 bits per heavy atom. The van der Waals surface area contributed by atoms with Gasteiger partial charge in [-0.2, -0.15) is 0 Å². The molecule has 1 aliphatic rings. The van der Waals surface area contributed by atoms with E-state index >= 15 is 0 Å². The summed E-state index contributed by atoms with van der Waals surface area (Å²) in [5.74, 6) is 2.16. The Morgan fingerprint density at radius 1 is 1.24 bits per heavy atom. The van der Waals surface area contributed by atoms with Crippen LogP contribution in [0.5, 0.6) is 11.5 Å². The van der Waals surface area contributed by atoms with Crippen LogP contribution in [0.1, 0.15) is 46.9 Å². The quantitative estimate of drug-likeness (QED) is 0.364. The number of hydrogen-bond acceptors (Lipinski definition) is 7. The standard InChI is InChI=1S/C21H23N3O3S2/c1-13(20(25)14-6-9-17(26-2)18(11-14)27-3)29-21-23-22-19(24(21)15-7-8-15)12-16-5-4-10-28-16/h4-6,9-11,13,15H,7-8,12H2,1-3H3. The van der Waals surface area contributed by atoms with Crippen LogP contribution in [0.15, 0.2) is 40.9 Å². The molecule has 6 nitrogen and oxygen atoms in total. The first-order valence-electron chi connectivity index (χ1n) is 9.49. The van der Waals surface area contributed by atoms with Crippen LogP contribution in [0.3, 0.4) is 0 Å². The van der Waals surface area contributed by atoms with Crippen molar-refractivity contribution in [3.05, 3.63) is 52.0 Å². The van der Waals surface area contributed by atoms with Crippen LogP contribution < -0.4 is 9.47 Å². The van der Waals surface area contributed by atoms with Crippen LogP contribution in [0.4, 0.5) is 0 Å². The van der Waals surface area contributed by atoms with Crippen LogP contribution in [0.25, 0.3) is 0 Å². The van der Waals surface area contributed by atoms with Gasteiger partial charge in [0.2, 0.25) is 0 Å². The smallest absolute Gasteiger partial charge is 0.192 e. The molecule has 1 aliphatic carbocycles. The third-order valence-corrected chi connectivity index (χ3v) is 6.81. The second-order valence-electron chi connectivity index (χ2n) is 6.95. The fraction of sp³-hybridized carbons (Fsp3) is 0.381. The Bertz CT molecular complexity index is 997. The maximum absolute atomic E-state index is 13.0. The molecule has 1 unspecified atom stereocenters. The molecular weight excluding hydrogens is 406 g/mol. The molecule has 0 spiro atoms. The summed E-state index contributed by atoms with van der Waals surface area (Å²) in [5, 5.41) is 11.5. The zero-order valence-corrected chi connectivity index (χ0v) is 18.3. The third-order valence-electron chi connectivity index (χ3n) is 4.88. The number of hydrogen-bond donors (Lipinski definition) is 0. The molecule has 1 atom stereocenters. The van der Waals surface area contributed by atoms with Crippen molar-refractivity contribution in [1.82, 2.24) is 14.8 Å². The number of nitrogens with zero attached hydrogens (tertiary/aromatic N) is 3. The van der Waals surface area contributed by atoms with Crippen molar-refractivity contribution in [2.24, 2.45) is 0 Å². The van der Waals surface area contributed by atoms with Crippen LogP contribution in [0, 0.1) is 0 Å². The van der Waals surface area contributed by atoms with Crippen LogP contribution in [0.2, 0.25) is 0 Å². The molecule has 1 aromatic carbocycles. The number of thioether (sulfide) groups is 1. The van der Waals surface area contributed by atoms with Gasteiger partial charge in [0.15, 0.2) is 22.4 Å². The van der Waals surface area contributed by atoms with Crippen molar-refractivity contribution in [3.63, 3.8) is 0 Å². The zero-order chi connectivity index (χ0) is 20.4. The SMILES string of the molecule is COc1ccc(C(=O)C(C)Sc2nnc(Cc3cccs3)n2C2CC2)cc1OC. The van der Waals surface area contributed by atoms with Crippen molar-refractivity contribution in [3.8, 4) is 11.5 Å². The summed E-state index contributed by atoms with van der Waals surface area (Å²) in [6, 6.07) is 9.88. The first kappa shape index (κ1) is 20.0. The van der Waals surface area contributed by atoms with E-state index < -0.39 is 0 Å². The van der Waals surface area contributed by atoms with Crippen molar-refractivity contribution < 1.29 is 14.3 Å². The Kier molecular flexibility index (Phi) is 5.91. The lowest BCUT2D eigenvalue weighted by atomic mass is 10.1. The van der Waals surface area contributed by atoms with E-state index in [1.54, 1.807) is 43.8 Å². The number of aromatic nitrogens is 3. The summed E-state index contributed by atoms with van der Waals surface area (Å²) in [6.07, 6.45) is 3.06. The molecule has 0 saturated heterocycles. The van der Waals surface area contributed by atoms with E-state index in [-0.39, 0.29) is 11.0 Å². The number of ether oxygens (including phenoxy) is 2. The molecule has 29 heavy (non-hydrogen) atoms. The van der Waals surface area contributed by atoms with Gasteiger partial charge in [0, 0.05) is 22.9 Å². The van der Waals surface area contributed by atoms with E-state index in [0.29, 0.717) is 23.1 Å². The normalized spacial score (nSPS) is 14.6. The summed E-state index contributed by atoms with van der Waals surface area (Å²) in [6.45, 7) is 1.91. The maximum Gasteiger partial charge on any atom is 0.192 e. The predicted molar refractivity (Wildman–Crippen MR) is 115 cm³/mol. The van der Waals surface area contributed by atoms with Crippen molar-refractivity contribution in [1.29, 1.82) is 0 Å². The topological polar surface area (TPSA) is 66.2 Å². The molecule has 1 fully saturated rings. The molecular formula is C21H23N3O3S2. The molecule has 1 saturated carbocycles. The number of benzene rings is 1. The van der Waals surface area contributed by atoms with E-state index in [4.69, 9.17) is 9.47 Å². The first-order valence-corrected chi connectivity index (χ1v) is 11.3. The average Bonchev–Trinajstić information content (AvgIpc) is 3.30. The van der Waals surface area contributed by atoms with Crippen LogP contribution in [-0.2, 0) is 6.42 Å². The number of carbonyl (C=O) groups is 1. The van der Waals surface area contributed by atoms with Gasteiger partial charge in [0.1, 0.15) is 5.82 Å². The highest BCUT2D eigenvalue weighted by molar-refractivity contribution is 8.00. The van der Waals surface area contributed by atoms with Crippen LogP contribution in [-0.4, -0.2) is 40.0 Å². The van der Waals surface area contributed by atoms with E-state index in [9.17, 15) is 4.79 Å². The predicted octanol–water partition coefficient (Wildman–Crippen LogP) is 4.65. The molecule has 4 rings (SSSR count). The Hall–Kier alpha value is -2.32. The van der Waals surface area contributed by atoms with E-state index in [2.05, 4.69) is 32.3 Å². The van der Waals surface area contributed by atoms with Crippen molar-refractivity contribution in [2.45, 2.75) is 42.6 Å². The van der Waals surface area contributed by atoms with Crippen LogP contribution >= 0.6 is 23.1 Å². The minimum absolute atomic E-state index is 0.0288. The molecule has 2 aromatic heterocycles. The molecule has 8 heteroatoms. The summed E-state index contributed by atoms with van der Waals surface area (Å²) in [4.78, 5) is 14.3. The number of Topliss-reactive ketones (excluding diaryl/α,β-unsaturated/α-hetero) is 1. The Labute approximate surface area is 178 Å². The summed E-state index contributed by atoms with van der Waals surface area (Å²) in [5.41, 5.74) is 0.596. The summed E-state index contributed by atoms with van der Waals surface area (Å²) < 4.78 is 12.8. The Morgan fingerprint density at radius 2 is 2.03 bits per heavy atom. The van der Waals surface area contributed by atoms with Gasteiger partial charge in [0.25, 0.3) is 0 Å². The van der Waals surface area contributed by atoms with Gasteiger partial charge >= 0.3 is 0 Å². The van der Waals surface area contributed by atoms with Gasteiger partial charge < -0.3 is 14.0 Å². The van der Waals surface area contributed by atoms with Gasteiger partial charge in [-0.25, -0.2) is 0 Å². The molecule has 2 heterocycles. The minimum Gasteiger partial charge on any atom is -0.493 e. The molecule has 0 N–H and O–H groups in total. The molecule has 0 radical (unpaired) electrons. The molecule has 0 amide bonds. The first-order chi connectivity index (χ1) is 14.1. The largest absolute Gasteiger partial charge is 0.493 e. The van der Waals surface area contributed by atoms with Gasteiger partial charge in [-0.3, -0.25) is 4.79 Å². The number of thiophene rings is 1. The number of ketones is 1. The molecule has 152 valence electrons. The van der Waals surface area contributed by atoms with E-state index in [1.165, 1.54) is 16.6 Å². The fourth-order valence-corrected chi connectivity index (χ4v) is 4.93. The lowest BCUT2D eigenvalue weighted by Crippen LogP contribution is -2.15. The van der Waals surface area contributed by atoms with Crippen molar-refractivity contribution in [2.75, 3.05) is 14.2 Å². The number of carbonyl (C=O) groups excluding carboxylic acids is 1. The monoisotopic (exact) mass is 429 g/mol. The molecule has 0 aliphatic heterocycles. The highest BCUT2D eigenvalue weighted by Gasteiger charge is 2.31. The maximum atomic E-state index is 13.0. The molecule has 3 aromatic rings. The van der Waals surface area contributed by atoms with Gasteiger partial charge in [-0.1, -0.05) is 17.8 Å². The zero-order valence-electron chi connectivity index (χ0n) is 16.6. The highest BCUT2D eigenvalue weighted by atomic mass is 32.2. The average molecular weight is 430 g/mol. The van der Waals surface area contributed by atoms with Gasteiger partial charge in [0.05, 0.1) is 19.5 Å². The lowest BCUT2D eigenvalue weighted by molar-refractivity contribution is 0.0993. The lowest BCUT2D eigenvalue weighted by Gasteiger charge is -2.14. The van der Waals surface area contributed by atoms with Gasteiger partial charge in [-0.05, 0) is 49.4 Å². The Balaban J connectivity index is 1.53. The molecule has 0 bridgehead atoms. The second kappa shape index (κ2) is 8.59. The highest BCUT2D eigenvalue weighted by Crippen LogP contribution is 2.40.